The van der Waals surface area contributed by atoms with E-state index in [4.69, 9.17) is 0 Å². The number of nitrogens with zero attached hydrogens (tertiary/aromatic N) is 1. The van der Waals surface area contributed by atoms with Crippen molar-refractivity contribution in [3.8, 4) is 0 Å². The summed E-state index contributed by atoms with van der Waals surface area (Å²) in [7, 11) is 3.38. The van der Waals surface area contributed by atoms with Crippen LogP contribution >= 0.6 is 0 Å². The molecule has 0 aliphatic heterocycles. The number of halogens is 1. The molecule has 0 saturated carbocycles. The van der Waals surface area contributed by atoms with Gasteiger partial charge in [-0.25, -0.2) is 4.39 Å². The van der Waals surface area contributed by atoms with Crippen LogP contribution in [0.15, 0.2) is 42.5 Å². The van der Waals surface area contributed by atoms with Crippen LogP contribution in [0.1, 0.15) is 31.8 Å². The molecule has 0 radical (unpaired) electrons. The molecular formula is C18H19FN2O2. The molecule has 0 heterocycles. The molecule has 2 amide bonds. The number of nitrogens with one attached hydrogen (secondary N) is 1. The van der Waals surface area contributed by atoms with Gasteiger partial charge in [0.05, 0.1) is 0 Å². The van der Waals surface area contributed by atoms with Crippen molar-refractivity contribution in [1.82, 2.24) is 10.2 Å². The fourth-order valence-electron chi connectivity index (χ4n) is 2.14. The zero-order valence-corrected chi connectivity index (χ0v) is 13.4. The summed E-state index contributed by atoms with van der Waals surface area (Å²) in [6, 6.07) is 11.1. The Morgan fingerprint density at radius 3 is 2.35 bits per heavy atom. The van der Waals surface area contributed by atoms with Crippen molar-refractivity contribution in [2.75, 3.05) is 14.1 Å². The van der Waals surface area contributed by atoms with Crippen LogP contribution in [0.3, 0.4) is 0 Å². The first kappa shape index (κ1) is 16.7. The number of amides is 2. The van der Waals surface area contributed by atoms with E-state index in [0.717, 1.165) is 11.1 Å². The average molecular weight is 314 g/mol. The lowest BCUT2D eigenvalue weighted by Gasteiger charge is -2.11. The summed E-state index contributed by atoms with van der Waals surface area (Å²) >= 11 is 0. The van der Waals surface area contributed by atoms with Gasteiger partial charge in [0.25, 0.3) is 11.8 Å². The number of benzene rings is 2. The van der Waals surface area contributed by atoms with E-state index in [2.05, 4.69) is 5.32 Å². The summed E-state index contributed by atoms with van der Waals surface area (Å²) in [5.74, 6) is -0.835. The number of hydrogen-bond acceptors (Lipinski definition) is 2. The van der Waals surface area contributed by atoms with Crippen LogP contribution < -0.4 is 5.32 Å². The quantitative estimate of drug-likeness (QED) is 0.943. The van der Waals surface area contributed by atoms with Gasteiger partial charge in [-0.1, -0.05) is 18.2 Å². The van der Waals surface area contributed by atoms with E-state index in [1.54, 1.807) is 51.4 Å². The van der Waals surface area contributed by atoms with E-state index in [9.17, 15) is 14.0 Å². The number of rotatable bonds is 4. The number of aryl methyl sites for hydroxylation is 1. The lowest BCUT2D eigenvalue weighted by atomic mass is 10.1. The standard InChI is InChI=1S/C18H19FN2O2/c1-12-4-9-15(19)10-16(12)17(22)20-11-13-5-7-14(8-6-13)18(23)21(2)3/h4-10H,11H2,1-3H3,(H,20,22). The SMILES string of the molecule is Cc1ccc(F)cc1C(=O)NCc1ccc(C(=O)N(C)C)cc1. The minimum Gasteiger partial charge on any atom is -0.348 e. The van der Waals surface area contributed by atoms with E-state index in [-0.39, 0.29) is 11.8 Å². The first-order valence-corrected chi connectivity index (χ1v) is 7.23. The zero-order chi connectivity index (χ0) is 17.0. The van der Waals surface area contributed by atoms with Crippen LogP contribution in [0.5, 0.6) is 0 Å². The number of carbonyl (C=O) groups is 2. The lowest BCUT2D eigenvalue weighted by Crippen LogP contribution is -2.24. The molecule has 0 aromatic heterocycles. The Labute approximate surface area is 134 Å². The normalized spacial score (nSPS) is 10.3. The predicted molar refractivity (Wildman–Crippen MR) is 86.8 cm³/mol. The maximum atomic E-state index is 13.2. The van der Waals surface area contributed by atoms with Crippen LogP contribution in [-0.4, -0.2) is 30.8 Å². The number of carbonyl (C=O) groups excluding carboxylic acids is 2. The van der Waals surface area contributed by atoms with E-state index < -0.39 is 5.82 Å². The molecule has 0 bridgehead atoms. The molecule has 2 rings (SSSR count). The van der Waals surface area contributed by atoms with Crippen molar-refractivity contribution < 1.29 is 14.0 Å². The lowest BCUT2D eigenvalue weighted by molar-refractivity contribution is 0.0827. The van der Waals surface area contributed by atoms with Crippen molar-refractivity contribution in [3.05, 3.63) is 70.5 Å². The molecule has 0 aliphatic rings. The Morgan fingerprint density at radius 2 is 1.74 bits per heavy atom. The maximum absolute atomic E-state index is 13.2. The fraction of sp³-hybridized carbons (Fsp3) is 0.222. The van der Waals surface area contributed by atoms with E-state index in [1.807, 2.05) is 0 Å². The Hall–Kier alpha value is -2.69. The molecule has 4 nitrogen and oxygen atoms in total. The summed E-state index contributed by atoms with van der Waals surface area (Å²) in [6.07, 6.45) is 0. The minimum absolute atomic E-state index is 0.0732. The monoisotopic (exact) mass is 314 g/mol. The second-order valence-electron chi connectivity index (χ2n) is 5.54. The third-order valence-electron chi connectivity index (χ3n) is 3.50. The van der Waals surface area contributed by atoms with Gasteiger partial charge in [0.15, 0.2) is 0 Å². The second kappa shape index (κ2) is 7.05. The topological polar surface area (TPSA) is 49.4 Å². The fourth-order valence-corrected chi connectivity index (χ4v) is 2.14. The van der Waals surface area contributed by atoms with Crippen molar-refractivity contribution in [2.24, 2.45) is 0 Å². The Morgan fingerprint density at radius 1 is 1.09 bits per heavy atom. The molecule has 0 unspecified atom stereocenters. The Bertz CT molecular complexity index is 724. The van der Waals surface area contributed by atoms with Crippen molar-refractivity contribution in [1.29, 1.82) is 0 Å². The molecule has 2 aromatic carbocycles. The Balaban J connectivity index is 2.02. The molecule has 5 heteroatoms. The Kier molecular flexibility index (Phi) is 5.11. The smallest absolute Gasteiger partial charge is 0.253 e. The average Bonchev–Trinajstić information content (AvgIpc) is 2.54. The highest BCUT2D eigenvalue weighted by atomic mass is 19.1. The van der Waals surface area contributed by atoms with Crippen molar-refractivity contribution in [3.63, 3.8) is 0 Å². The third kappa shape index (κ3) is 4.16. The van der Waals surface area contributed by atoms with Gasteiger partial charge in [0.1, 0.15) is 5.82 Å². The predicted octanol–water partition coefficient (Wildman–Crippen LogP) is 2.77. The second-order valence-corrected chi connectivity index (χ2v) is 5.54. The van der Waals surface area contributed by atoms with Gasteiger partial charge in [-0.2, -0.15) is 0 Å². The molecule has 2 aromatic rings. The van der Waals surface area contributed by atoms with Gasteiger partial charge >= 0.3 is 0 Å². The third-order valence-corrected chi connectivity index (χ3v) is 3.50. The van der Waals surface area contributed by atoms with Crippen molar-refractivity contribution >= 4 is 11.8 Å². The molecule has 0 atom stereocenters. The molecule has 0 aliphatic carbocycles. The van der Waals surface area contributed by atoms with Crippen LogP contribution in [0, 0.1) is 12.7 Å². The summed E-state index contributed by atoms with van der Waals surface area (Å²) in [5, 5.41) is 2.75. The van der Waals surface area contributed by atoms with Crippen LogP contribution in [0.2, 0.25) is 0 Å². The molecule has 1 N–H and O–H groups in total. The van der Waals surface area contributed by atoms with Gasteiger partial charge in [-0.3, -0.25) is 9.59 Å². The summed E-state index contributed by atoms with van der Waals surface area (Å²) < 4.78 is 13.2. The zero-order valence-electron chi connectivity index (χ0n) is 13.4. The number of hydrogen-bond donors (Lipinski definition) is 1. The van der Waals surface area contributed by atoms with Gasteiger partial charge < -0.3 is 10.2 Å². The summed E-state index contributed by atoms with van der Waals surface area (Å²) in [6.45, 7) is 2.07. The van der Waals surface area contributed by atoms with E-state index in [0.29, 0.717) is 17.7 Å². The van der Waals surface area contributed by atoms with Gasteiger partial charge in [-0.15, -0.1) is 0 Å². The van der Waals surface area contributed by atoms with E-state index >= 15 is 0 Å². The van der Waals surface area contributed by atoms with Crippen molar-refractivity contribution in [2.45, 2.75) is 13.5 Å². The van der Waals surface area contributed by atoms with Crippen LogP contribution in [0.4, 0.5) is 4.39 Å². The van der Waals surface area contributed by atoms with E-state index in [1.165, 1.54) is 17.0 Å². The molecule has 23 heavy (non-hydrogen) atoms. The first-order valence-electron chi connectivity index (χ1n) is 7.23. The molecule has 0 fully saturated rings. The summed E-state index contributed by atoms with van der Waals surface area (Å²) in [5.41, 5.74) is 2.49. The van der Waals surface area contributed by atoms with Gasteiger partial charge in [0.2, 0.25) is 0 Å². The highest BCUT2D eigenvalue weighted by Crippen LogP contribution is 2.11. The largest absolute Gasteiger partial charge is 0.348 e. The molecule has 0 saturated heterocycles. The molecule has 120 valence electrons. The maximum Gasteiger partial charge on any atom is 0.253 e. The minimum atomic E-state index is -0.438. The first-order chi connectivity index (χ1) is 10.9. The van der Waals surface area contributed by atoms with Gasteiger partial charge in [-0.05, 0) is 42.3 Å². The van der Waals surface area contributed by atoms with Crippen LogP contribution in [-0.2, 0) is 6.54 Å². The highest BCUT2D eigenvalue weighted by Gasteiger charge is 2.11. The highest BCUT2D eigenvalue weighted by molar-refractivity contribution is 5.95. The van der Waals surface area contributed by atoms with Crippen LogP contribution in [0.25, 0.3) is 0 Å². The molecular weight excluding hydrogens is 295 g/mol. The summed E-state index contributed by atoms with van der Waals surface area (Å²) in [4.78, 5) is 25.4. The molecule has 0 spiro atoms. The van der Waals surface area contributed by atoms with Gasteiger partial charge in [0, 0.05) is 31.8 Å².